The Morgan fingerprint density at radius 1 is 1.02 bits per heavy atom. The molecular formula is C32H40F3N3O3. The number of alkyl halides is 3. The van der Waals surface area contributed by atoms with Crippen molar-refractivity contribution in [3.05, 3.63) is 59.7 Å². The number of hydrogen-bond donors (Lipinski definition) is 2. The highest BCUT2D eigenvalue weighted by atomic mass is 19.4. The highest BCUT2D eigenvalue weighted by Gasteiger charge is 2.39. The van der Waals surface area contributed by atoms with Crippen LogP contribution in [0.25, 0.3) is 11.1 Å². The number of benzene rings is 2. The lowest BCUT2D eigenvalue weighted by atomic mass is 9.82. The monoisotopic (exact) mass is 571 g/mol. The fourth-order valence-electron chi connectivity index (χ4n) is 5.73. The van der Waals surface area contributed by atoms with Crippen LogP contribution in [0, 0.1) is 17.8 Å². The van der Waals surface area contributed by atoms with E-state index in [0.717, 1.165) is 61.8 Å². The Kier molecular flexibility index (Phi) is 10.1. The number of amides is 3. The maximum Gasteiger partial charge on any atom is 0.416 e. The third-order valence-electron chi connectivity index (χ3n) is 8.28. The quantitative estimate of drug-likeness (QED) is 0.324. The van der Waals surface area contributed by atoms with E-state index in [1.54, 1.807) is 4.90 Å². The molecule has 6 nitrogen and oxygen atoms in total. The van der Waals surface area contributed by atoms with Gasteiger partial charge in [-0.15, -0.1) is 0 Å². The van der Waals surface area contributed by atoms with E-state index in [-0.39, 0.29) is 11.8 Å². The van der Waals surface area contributed by atoms with Crippen LogP contribution in [0.5, 0.6) is 0 Å². The number of carbonyl (C=O) groups is 3. The summed E-state index contributed by atoms with van der Waals surface area (Å²) in [6.45, 7) is 2.90. The second kappa shape index (κ2) is 13.5. The van der Waals surface area contributed by atoms with Gasteiger partial charge in [0, 0.05) is 24.9 Å². The summed E-state index contributed by atoms with van der Waals surface area (Å²) in [6.07, 6.45) is 2.69. The van der Waals surface area contributed by atoms with Gasteiger partial charge in [0.2, 0.25) is 17.7 Å². The van der Waals surface area contributed by atoms with Gasteiger partial charge in [0.25, 0.3) is 0 Å². The van der Waals surface area contributed by atoms with E-state index in [1.807, 2.05) is 31.2 Å². The summed E-state index contributed by atoms with van der Waals surface area (Å²) >= 11 is 0. The van der Waals surface area contributed by atoms with E-state index in [0.29, 0.717) is 43.8 Å². The van der Waals surface area contributed by atoms with Gasteiger partial charge >= 0.3 is 6.18 Å². The van der Waals surface area contributed by atoms with Gasteiger partial charge in [0.1, 0.15) is 6.04 Å². The average Bonchev–Trinajstić information content (AvgIpc) is 3.78. The molecular weight excluding hydrogens is 531 g/mol. The zero-order chi connectivity index (χ0) is 29.6. The van der Waals surface area contributed by atoms with Crippen molar-refractivity contribution in [2.24, 2.45) is 23.5 Å². The van der Waals surface area contributed by atoms with E-state index >= 15 is 0 Å². The summed E-state index contributed by atoms with van der Waals surface area (Å²) in [5.41, 5.74) is 7.30. The lowest BCUT2D eigenvalue weighted by Crippen LogP contribution is -2.50. The molecule has 2 fully saturated rings. The number of nitrogens with two attached hydrogens (primary N) is 1. The normalized spacial score (nSPS) is 19.4. The van der Waals surface area contributed by atoms with Crippen LogP contribution in [0.4, 0.5) is 13.2 Å². The molecule has 1 aliphatic carbocycles. The number of hydrogen-bond acceptors (Lipinski definition) is 3. The van der Waals surface area contributed by atoms with Crippen LogP contribution in [-0.4, -0.2) is 35.2 Å². The van der Waals surface area contributed by atoms with Crippen LogP contribution in [0.2, 0.25) is 0 Å². The minimum absolute atomic E-state index is 0.162. The summed E-state index contributed by atoms with van der Waals surface area (Å²) in [5, 5.41) is 2.99. The molecule has 0 bridgehead atoms. The Labute approximate surface area is 239 Å². The van der Waals surface area contributed by atoms with Crippen LogP contribution in [0.15, 0.2) is 48.5 Å². The van der Waals surface area contributed by atoms with Crippen molar-refractivity contribution in [1.82, 2.24) is 10.2 Å². The van der Waals surface area contributed by atoms with Gasteiger partial charge in [-0.3, -0.25) is 14.4 Å². The van der Waals surface area contributed by atoms with Crippen molar-refractivity contribution >= 4 is 17.7 Å². The topological polar surface area (TPSA) is 92.5 Å². The van der Waals surface area contributed by atoms with Crippen molar-refractivity contribution in [3.8, 4) is 11.1 Å². The molecule has 1 heterocycles. The van der Waals surface area contributed by atoms with Crippen molar-refractivity contribution in [2.45, 2.75) is 83.5 Å². The first-order valence-corrected chi connectivity index (χ1v) is 14.7. The molecule has 1 saturated carbocycles. The number of carbonyl (C=O) groups excluding carboxylic acids is 3. The molecule has 4 rings (SSSR count). The van der Waals surface area contributed by atoms with E-state index < -0.39 is 35.5 Å². The molecule has 2 unspecified atom stereocenters. The summed E-state index contributed by atoms with van der Waals surface area (Å²) in [5.74, 6) is -1.53. The number of nitrogens with one attached hydrogen (secondary N) is 1. The van der Waals surface area contributed by atoms with E-state index in [9.17, 15) is 27.6 Å². The van der Waals surface area contributed by atoms with Crippen molar-refractivity contribution in [3.63, 3.8) is 0 Å². The number of primary amides is 1. The lowest BCUT2D eigenvalue weighted by Gasteiger charge is -2.28. The number of halogens is 3. The Balaban J connectivity index is 1.46. The molecule has 1 aliphatic heterocycles. The van der Waals surface area contributed by atoms with Gasteiger partial charge in [0.15, 0.2) is 0 Å². The Hall–Kier alpha value is -3.36. The van der Waals surface area contributed by atoms with Gasteiger partial charge in [-0.1, -0.05) is 62.9 Å². The van der Waals surface area contributed by atoms with Crippen LogP contribution >= 0.6 is 0 Å². The summed E-state index contributed by atoms with van der Waals surface area (Å²) in [7, 11) is 0. The Morgan fingerprint density at radius 2 is 1.76 bits per heavy atom. The van der Waals surface area contributed by atoms with Gasteiger partial charge < -0.3 is 16.0 Å². The molecule has 2 aromatic rings. The smallest absolute Gasteiger partial charge is 0.369 e. The SMILES string of the molecule is CCCCC(C(N)=O)C(CC1CC1)C(=O)N[C@H]1CCCCN(Cc2cccc(-c3ccc(C(F)(F)F)cc3)c2)C1=O. The maximum atomic E-state index is 13.6. The largest absolute Gasteiger partial charge is 0.416 e. The Bertz CT molecular complexity index is 1210. The molecule has 2 aliphatic rings. The van der Waals surface area contributed by atoms with Crippen LogP contribution in [0.1, 0.15) is 75.8 Å². The highest BCUT2D eigenvalue weighted by molar-refractivity contribution is 5.91. The zero-order valence-corrected chi connectivity index (χ0v) is 23.6. The fraction of sp³-hybridized carbons (Fsp3) is 0.531. The lowest BCUT2D eigenvalue weighted by molar-refractivity contribution is -0.139. The summed E-state index contributed by atoms with van der Waals surface area (Å²) in [6, 6.07) is 11.8. The minimum Gasteiger partial charge on any atom is -0.369 e. The Morgan fingerprint density at radius 3 is 2.39 bits per heavy atom. The molecule has 222 valence electrons. The third-order valence-corrected chi connectivity index (χ3v) is 8.28. The molecule has 1 saturated heterocycles. The first-order valence-electron chi connectivity index (χ1n) is 14.7. The third kappa shape index (κ3) is 8.33. The predicted molar refractivity (Wildman–Crippen MR) is 151 cm³/mol. The second-order valence-electron chi connectivity index (χ2n) is 11.5. The van der Waals surface area contributed by atoms with Crippen molar-refractivity contribution in [2.75, 3.05) is 6.54 Å². The number of rotatable bonds is 12. The first kappa shape index (κ1) is 30.6. The van der Waals surface area contributed by atoms with E-state index in [2.05, 4.69) is 5.32 Å². The minimum atomic E-state index is -4.40. The molecule has 0 spiro atoms. The summed E-state index contributed by atoms with van der Waals surface area (Å²) < 4.78 is 38.9. The van der Waals surface area contributed by atoms with Gasteiger partial charge in [0.05, 0.1) is 5.56 Å². The molecule has 9 heteroatoms. The van der Waals surface area contributed by atoms with Crippen molar-refractivity contribution in [1.29, 1.82) is 0 Å². The number of likely N-dealkylation sites (tertiary alicyclic amines) is 1. The van der Waals surface area contributed by atoms with Gasteiger partial charge in [-0.25, -0.2) is 0 Å². The second-order valence-corrected chi connectivity index (χ2v) is 11.5. The number of unbranched alkanes of at least 4 members (excludes halogenated alkanes) is 1. The first-order chi connectivity index (χ1) is 19.6. The summed E-state index contributed by atoms with van der Waals surface area (Å²) in [4.78, 5) is 41.2. The molecule has 3 amide bonds. The van der Waals surface area contributed by atoms with Crippen LogP contribution in [0.3, 0.4) is 0 Å². The standard InChI is InChI=1S/C32H40F3N3O3/c1-2-3-9-26(29(36)39)27(19-21-11-12-21)30(40)37-28-10-4-5-17-38(31(28)41)20-22-7-6-8-24(18-22)23-13-15-25(16-14-23)32(33,34)35/h6-8,13-16,18,21,26-28H,2-5,9-12,17,19-20H2,1H3,(H2,36,39)(H,37,40)/t26?,27?,28-/m0/s1. The molecule has 3 atom stereocenters. The fourth-order valence-corrected chi connectivity index (χ4v) is 5.73. The molecule has 0 radical (unpaired) electrons. The zero-order valence-electron chi connectivity index (χ0n) is 23.6. The molecule has 3 N–H and O–H groups in total. The van der Waals surface area contributed by atoms with Crippen molar-refractivity contribution < 1.29 is 27.6 Å². The van der Waals surface area contributed by atoms with E-state index in [1.165, 1.54) is 12.1 Å². The van der Waals surface area contributed by atoms with E-state index in [4.69, 9.17) is 5.73 Å². The van der Waals surface area contributed by atoms with Gasteiger partial charge in [-0.2, -0.15) is 13.2 Å². The molecule has 41 heavy (non-hydrogen) atoms. The highest BCUT2D eigenvalue weighted by Crippen LogP contribution is 2.39. The maximum absolute atomic E-state index is 13.6. The van der Waals surface area contributed by atoms with Crippen LogP contribution < -0.4 is 11.1 Å². The number of nitrogens with zero attached hydrogens (tertiary/aromatic N) is 1. The predicted octanol–water partition coefficient (Wildman–Crippen LogP) is 6.08. The van der Waals surface area contributed by atoms with Crippen LogP contribution in [-0.2, 0) is 27.1 Å². The molecule has 0 aromatic heterocycles. The molecule has 2 aromatic carbocycles. The average molecular weight is 572 g/mol. The van der Waals surface area contributed by atoms with Gasteiger partial charge in [-0.05, 0) is 72.9 Å².